The van der Waals surface area contributed by atoms with Crippen molar-refractivity contribution >= 4 is 17.4 Å². The van der Waals surface area contributed by atoms with Crippen LogP contribution in [-0.4, -0.2) is 19.7 Å². The summed E-state index contributed by atoms with van der Waals surface area (Å²) < 4.78 is 1.41. The summed E-state index contributed by atoms with van der Waals surface area (Å²) >= 11 is 5.84. The monoisotopic (exact) mass is 238 g/mol. The normalized spacial score (nSPS) is 10.4. The number of aryl methyl sites for hydroxylation is 1. The summed E-state index contributed by atoms with van der Waals surface area (Å²) in [4.78, 5) is 13.8. The SMILES string of the molecule is Cc1nn(-c2cccc([N+](=O)[O-])n2)cc1Cl. The highest BCUT2D eigenvalue weighted by molar-refractivity contribution is 6.31. The van der Waals surface area contributed by atoms with E-state index in [4.69, 9.17) is 11.6 Å². The number of hydrogen-bond acceptors (Lipinski definition) is 4. The lowest BCUT2D eigenvalue weighted by Crippen LogP contribution is -2.00. The second-order valence-electron chi connectivity index (χ2n) is 3.12. The first-order chi connectivity index (χ1) is 7.58. The van der Waals surface area contributed by atoms with E-state index in [1.54, 1.807) is 25.3 Å². The zero-order chi connectivity index (χ0) is 11.7. The Balaban J connectivity index is 2.48. The molecule has 7 heteroatoms. The van der Waals surface area contributed by atoms with Crippen LogP contribution in [0, 0.1) is 17.0 Å². The number of aromatic nitrogens is 3. The molecule has 0 N–H and O–H groups in total. The van der Waals surface area contributed by atoms with E-state index < -0.39 is 4.92 Å². The smallest absolute Gasteiger partial charge is 0.358 e. The maximum atomic E-state index is 10.5. The standard InChI is InChI=1S/C9H7ClN4O2/c1-6-7(10)5-13(12-6)8-3-2-4-9(11-8)14(15)16/h2-5H,1H3. The van der Waals surface area contributed by atoms with Crippen LogP contribution in [0.25, 0.3) is 5.82 Å². The Morgan fingerprint density at radius 3 is 2.81 bits per heavy atom. The molecule has 0 bridgehead atoms. The Morgan fingerprint density at radius 2 is 2.25 bits per heavy atom. The Kier molecular flexibility index (Phi) is 2.57. The molecule has 0 fully saturated rings. The fraction of sp³-hybridized carbons (Fsp3) is 0.111. The summed E-state index contributed by atoms with van der Waals surface area (Å²) in [5.74, 6) is 0.144. The highest BCUT2D eigenvalue weighted by Crippen LogP contribution is 2.16. The summed E-state index contributed by atoms with van der Waals surface area (Å²) in [5.41, 5.74) is 0.648. The van der Waals surface area contributed by atoms with Crippen molar-refractivity contribution in [3.63, 3.8) is 0 Å². The number of nitrogens with zero attached hydrogens (tertiary/aromatic N) is 4. The molecule has 2 aromatic heterocycles. The predicted octanol–water partition coefficient (Wildman–Crippen LogP) is 2.14. The van der Waals surface area contributed by atoms with Gasteiger partial charge in [-0.3, -0.25) is 0 Å². The van der Waals surface area contributed by atoms with Crippen molar-refractivity contribution in [2.45, 2.75) is 6.92 Å². The largest absolute Gasteiger partial charge is 0.365 e. The molecule has 2 rings (SSSR count). The maximum Gasteiger partial charge on any atom is 0.365 e. The van der Waals surface area contributed by atoms with E-state index in [1.807, 2.05) is 0 Å². The summed E-state index contributed by atoms with van der Waals surface area (Å²) in [5, 5.41) is 15.1. The molecule has 0 radical (unpaired) electrons. The molecular formula is C9H7ClN4O2. The van der Waals surface area contributed by atoms with Crippen LogP contribution in [0.5, 0.6) is 0 Å². The maximum absolute atomic E-state index is 10.5. The van der Waals surface area contributed by atoms with Crippen LogP contribution < -0.4 is 0 Å². The molecule has 0 amide bonds. The molecule has 2 heterocycles. The van der Waals surface area contributed by atoms with E-state index in [0.29, 0.717) is 16.5 Å². The van der Waals surface area contributed by atoms with Crippen LogP contribution in [0.3, 0.4) is 0 Å². The highest BCUT2D eigenvalue weighted by atomic mass is 35.5. The quantitative estimate of drug-likeness (QED) is 0.593. The van der Waals surface area contributed by atoms with Crippen LogP contribution >= 0.6 is 11.6 Å². The Labute approximate surface area is 95.6 Å². The van der Waals surface area contributed by atoms with E-state index in [9.17, 15) is 10.1 Å². The first-order valence-electron chi connectivity index (χ1n) is 4.41. The van der Waals surface area contributed by atoms with Gasteiger partial charge in [-0.1, -0.05) is 11.6 Å². The molecular weight excluding hydrogens is 232 g/mol. The van der Waals surface area contributed by atoms with Gasteiger partial charge < -0.3 is 10.1 Å². The molecule has 0 saturated heterocycles. The van der Waals surface area contributed by atoms with Gasteiger partial charge in [0.05, 0.1) is 16.9 Å². The van der Waals surface area contributed by atoms with Gasteiger partial charge >= 0.3 is 5.82 Å². The summed E-state index contributed by atoms with van der Waals surface area (Å²) in [7, 11) is 0. The lowest BCUT2D eigenvalue weighted by molar-refractivity contribution is -0.389. The van der Waals surface area contributed by atoms with E-state index in [-0.39, 0.29) is 5.82 Å². The van der Waals surface area contributed by atoms with Crippen LogP contribution in [0.15, 0.2) is 24.4 Å². The number of nitro groups is 1. The zero-order valence-electron chi connectivity index (χ0n) is 8.29. The van der Waals surface area contributed by atoms with Gasteiger partial charge in [-0.15, -0.1) is 0 Å². The molecule has 0 spiro atoms. The molecule has 0 aliphatic heterocycles. The Morgan fingerprint density at radius 1 is 1.50 bits per heavy atom. The molecule has 82 valence electrons. The van der Waals surface area contributed by atoms with Crippen LogP contribution in [0.4, 0.5) is 5.82 Å². The van der Waals surface area contributed by atoms with Gasteiger partial charge in [-0.2, -0.15) is 9.78 Å². The molecule has 0 unspecified atom stereocenters. The van der Waals surface area contributed by atoms with Crippen molar-refractivity contribution < 1.29 is 4.92 Å². The molecule has 0 atom stereocenters. The van der Waals surface area contributed by atoms with Gasteiger partial charge in [0.1, 0.15) is 0 Å². The summed E-state index contributed by atoms with van der Waals surface area (Å²) in [6, 6.07) is 4.49. The van der Waals surface area contributed by atoms with Crippen molar-refractivity contribution in [2.75, 3.05) is 0 Å². The van der Waals surface area contributed by atoms with Gasteiger partial charge in [-0.25, -0.2) is 0 Å². The lowest BCUT2D eigenvalue weighted by atomic mass is 10.4. The van der Waals surface area contributed by atoms with Crippen molar-refractivity contribution in [2.24, 2.45) is 0 Å². The summed E-state index contributed by atoms with van der Waals surface area (Å²) in [6.07, 6.45) is 1.56. The van der Waals surface area contributed by atoms with E-state index in [1.165, 1.54) is 10.7 Å². The van der Waals surface area contributed by atoms with Gasteiger partial charge in [0.15, 0.2) is 0 Å². The van der Waals surface area contributed by atoms with Crippen LogP contribution in [0.1, 0.15) is 5.69 Å². The third kappa shape index (κ3) is 1.87. The average Bonchev–Trinajstić information content (AvgIpc) is 2.59. The zero-order valence-corrected chi connectivity index (χ0v) is 9.05. The van der Waals surface area contributed by atoms with E-state index in [2.05, 4.69) is 10.1 Å². The Hall–Kier alpha value is -1.95. The minimum Gasteiger partial charge on any atom is -0.358 e. The highest BCUT2D eigenvalue weighted by Gasteiger charge is 2.12. The topological polar surface area (TPSA) is 73.8 Å². The van der Waals surface area contributed by atoms with Gasteiger partial charge in [0.25, 0.3) is 5.82 Å². The van der Waals surface area contributed by atoms with Gasteiger partial charge in [0.2, 0.25) is 0 Å². The van der Waals surface area contributed by atoms with Crippen LogP contribution in [-0.2, 0) is 0 Å². The van der Waals surface area contributed by atoms with Crippen molar-refractivity contribution in [3.05, 3.63) is 45.2 Å². The van der Waals surface area contributed by atoms with Crippen LogP contribution in [0.2, 0.25) is 5.02 Å². The second-order valence-corrected chi connectivity index (χ2v) is 3.53. The van der Waals surface area contributed by atoms with Crippen molar-refractivity contribution in [1.82, 2.24) is 14.8 Å². The number of hydrogen-bond donors (Lipinski definition) is 0. The van der Waals surface area contributed by atoms with Gasteiger partial charge in [-0.05, 0) is 22.9 Å². The fourth-order valence-electron chi connectivity index (χ4n) is 1.20. The van der Waals surface area contributed by atoms with E-state index >= 15 is 0 Å². The fourth-order valence-corrected chi connectivity index (χ4v) is 1.33. The molecule has 0 aliphatic rings. The number of pyridine rings is 1. The third-order valence-corrected chi connectivity index (χ3v) is 2.35. The third-order valence-electron chi connectivity index (χ3n) is 1.98. The molecule has 16 heavy (non-hydrogen) atoms. The van der Waals surface area contributed by atoms with Crippen molar-refractivity contribution in [3.8, 4) is 5.82 Å². The van der Waals surface area contributed by atoms with Crippen molar-refractivity contribution in [1.29, 1.82) is 0 Å². The van der Waals surface area contributed by atoms with E-state index in [0.717, 1.165) is 0 Å². The molecule has 2 aromatic rings. The minimum atomic E-state index is -0.554. The Bertz CT molecular complexity index is 533. The summed E-state index contributed by atoms with van der Waals surface area (Å²) in [6.45, 7) is 1.75. The second kappa shape index (κ2) is 3.90. The first kappa shape index (κ1) is 10.6. The van der Waals surface area contributed by atoms with Gasteiger partial charge in [0, 0.05) is 12.1 Å². The molecule has 0 aromatic carbocycles. The number of halogens is 1. The predicted molar refractivity (Wildman–Crippen MR) is 57.8 cm³/mol. The molecule has 0 aliphatic carbocycles. The first-order valence-corrected chi connectivity index (χ1v) is 4.79. The average molecular weight is 239 g/mol. The molecule has 0 saturated carbocycles. The number of rotatable bonds is 2. The minimum absolute atomic E-state index is 0.221. The molecule has 6 nitrogen and oxygen atoms in total. The lowest BCUT2D eigenvalue weighted by Gasteiger charge is -1.95.